The molecule has 7 rings (SSSR count). The van der Waals surface area contributed by atoms with Crippen LogP contribution in [-0.4, -0.2) is 140 Å². The quantitative estimate of drug-likeness (QED) is 0.0753. The van der Waals surface area contributed by atoms with Crippen molar-refractivity contribution in [2.24, 2.45) is 5.73 Å². The third-order valence-corrected chi connectivity index (χ3v) is 10.6. The summed E-state index contributed by atoms with van der Waals surface area (Å²) in [6.07, 6.45) is 2.75. The van der Waals surface area contributed by atoms with Crippen LogP contribution in [0.15, 0.2) is 109 Å². The van der Waals surface area contributed by atoms with Gasteiger partial charge < -0.3 is 59.9 Å². The lowest BCUT2D eigenvalue weighted by Crippen LogP contribution is -2.47. The number of nitrogens with zero attached hydrogens (tertiary/aromatic N) is 2. The van der Waals surface area contributed by atoms with Crippen molar-refractivity contribution in [2.75, 3.05) is 78.8 Å². The first-order valence-electron chi connectivity index (χ1n) is 20.9. The van der Waals surface area contributed by atoms with E-state index in [1.807, 2.05) is 60.7 Å². The van der Waals surface area contributed by atoms with Gasteiger partial charge >= 0.3 is 0 Å². The highest BCUT2D eigenvalue weighted by Gasteiger charge is 2.23. The van der Waals surface area contributed by atoms with Crippen LogP contribution in [0.4, 0.5) is 0 Å². The number of likely N-dealkylation sites (tertiary alicyclic amines) is 2. The molecule has 6 N–H and O–H groups in total. The van der Waals surface area contributed by atoms with Gasteiger partial charge in [0.15, 0.2) is 0 Å². The summed E-state index contributed by atoms with van der Waals surface area (Å²) >= 11 is 11.7. The predicted octanol–water partition coefficient (Wildman–Crippen LogP) is 5.54. The molecule has 14 heteroatoms. The average molecular weight is 870 g/mol. The number of hydrogen-bond donors (Lipinski definition) is 5. The maximum absolute atomic E-state index is 10.3. The summed E-state index contributed by atoms with van der Waals surface area (Å²) in [4.78, 5) is 4.49. The van der Waals surface area contributed by atoms with Gasteiger partial charge in [-0.25, -0.2) is 0 Å². The number of para-hydroxylation sites is 2. The first-order valence-corrected chi connectivity index (χ1v) is 21.6. The van der Waals surface area contributed by atoms with Gasteiger partial charge in [-0.15, -0.1) is 0 Å². The molecule has 4 unspecified atom stereocenters. The van der Waals surface area contributed by atoms with Crippen LogP contribution in [0.1, 0.15) is 25.7 Å². The highest BCUT2D eigenvalue weighted by molar-refractivity contribution is 6.30. The van der Waals surface area contributed by atoms with Gasteiger partial charge in [0.25, 0.3) is 0 Å². The normalized spacial score (nSPS) is 18.7. The fourth-order valence-corrected chi connectivity index (χ4v) is 6.80. The highest BCUT2D eigenvalue weighted by atomic mass is 35.5. The van der Waals surface area contributed by atoms with Crippen LogP contribution in [0.2, 0.25) is 10.0 Å². The zero-order valence-corrected chi connectivity index (χ0v) is 35.8. The molecule has 0 aromatic heterocycles. The van der Waals surface area contributed by atoms with E-state index in [2.05, 4.69) is 15.1 Å². The van der Waals surface area contributed by atoms with E-state index in [9.17, 15) is 15.3 Å². The number of nitrogens with one attached hydrogen (secondary N) is 1. The minimum absolute atomic E-state index is 0.257. The predicted molar refractivity (Wildman–Crippen MR) is 237 cm³/mol. The minimum atomic E-state index is -0.546. The van der Waals surface area contributed by atoms with Crippen molar-refractivity contribution >= 4 is 23.2 Å². The van der Waals surface area contributed by atoms with Gasteiger partial charge in [0, 0.05) is 41.8 Å². The molecule has 3 fully saturated rings. The molecule has 3 aliphatic rings. The van der Waals surface area contributed by atoms with Crippen LogP contribution in [0, 0.1) is 0 Å². The number of aliphatic hydroxyl groups is 3. The molecule has 0 amide bonds. The van der Waals surface area contributed by atoms with Gasteiger partial charge in [0.1, 0.15) is 73.8 Å². The molecular formula is C46H62Cl2N4O8. The van der Waals surface area contributed by atoms with Crippen molar-refractivity contribution in [3.8, 4) is 23.0 Å². The summed E-state index contributed by atoms with van der Waals surface area (Å²) in [7, 11) is 0. The Morgan fingerprint density at radius 2 is 0.983 bits per heavy atom. The van der Waals surface area contributed by atoms with Crippen molar-refractivity contribution in [1.82, 2.24) is 15.1 Å². The Morgan fingerprint density at radius 3 is 1.43 bits per heavy atom. The lowest BCUT2D eigenvalue weighted by molar-refractivity contribution is 0.0556. The van der Waals surface area contributed by atoms with E-state index < -0.39 is 18.3 Å². The Bertz CT molecular complexity index is 1700. The van der Waals surface area contributed by atoms with Crippen LogP contribution in [-0.2, 0) is 4.74 Å². The summed E-state index contributed by atoms with van der Waals surface area (Å²) in [5, 5.41) is 35.1. The summed E-state index contributed by atoms with van der Waals surface area (Å²) in [5.41, 5.74) is 5.85. The topological polar surface area (TPSA) is 155 Å². The lowest BCUT2D eigenvalue weighted by Gasteiger charge is -2.33. The molecular weight excluding hydrogens is 807 g/mol. The Labute approximate surface area is 365 Å². The van der Waals surface area contributed by atoms with E-state index >= 15 is 0 Å². The highest BCUT2D eigenvalue weighted by Crippen LogP contribution is 2.18. The summed E-state index contributed by atoms with van der Waals surface area (Å²) in [6, 6.07) is 34.3. The fraction of sp³-hybridized carbons (Fsp3) is 0.478. The fourth-order valence-electron chi connectivity index (χ4n) is 6.54. The van der Waals surface area contributed by atoms with Crippen molar-refractivity contribution in [2.45, 2.75) is 62.2 Å². The monoisotopic (exact) mass is 868 g/mol. The molecule has 4 aromatic carbocycles. The molecule has 328 valence electrons. The van der Waals surface area contributed by atoms with Crippen molar-refractivity contribution in [3.63, 3.8) is 0 Å². The van der Waals surface area contributed by atoms with E-state index in [0.29, 0.717) is 66.8 Å². The third-order valence-electron chi connectivity index (χ3n) is 10.1. The second kappa shape index (κ2) is 26.6. The molecule has 4 aromatic rings. The van der Waals surface area contributed by atoms with Crippen LogP contribution in [0.3, 0.4) is 0 Å². The second-order valence-electron chi connectivity index (χ2n) is 15.3. The van der Waals surface area contributed by atoms with E-state index in [1.165, 1.54) is 0 Å². The molecule has 3 heterocycles. The Hall–Kier alpha value is -3.66. The van der Waals surface area contributed by atoms with Gasteiger partial charge in [-0.05, 0) is 125 Å². The number of benzene rings is 4. The van der Waals surface area contributed by atoms with Gasteiger partial charge in [-0.3, -0.25) is 0 Å². The molecule has 0 radical (unpaired) electrons. The number of β-amino-alcohol motifs (C(OH)–C–C–N with tert-alkyl or cyclic N) is 2. The molecule has 0 aliphatic carbocycles. The zero-order valence-electron chi connectivity index (χ0n) is 34.3. The summed E-state index contributed by atoms with van der Waals surface area (Å²) in [5.74, 6) is 3.12. The van der Waals surface area contributed by atoms with Crippen molar-refractivity contribution in [3.05, 3.63) is 119 Å². The van der Waals surface area contributed by atoms with Gasteiger partial charge in [-0.2, -0.15) is 0 Å². The number of nitrogens with two attached hydrogens (primary N) is 1. The molecule has 12 nitrogen and oxygen atoms in total. The first-order chi connectivity index (χ1) is 29.2. The number of piperidine rings is 2. The largest absolute Gasteiger partial charge is 0.491 e. The summed E-state index contributed by atoms with van der Waals surface area (Å²) in [6.45, 7) is 7.84. The Kier molecular flexibility index (Phi) is 21.0. The van der Waals surface area contributed by atoms with E-state index in [0.717, 1.165) is 75.7 Å². The maximum Gasteiger partial charge on any atom is 0.119 e. The van der Waals surface area contributed by atoms with Gasteiger partial charge in [-0.1, -0.05) is 59.6 Å². The van der Waals surface area contributed by atoms with E-state index in [4.69, 9.17) is 52.6 Å². The Morgan fingerprint density at radius 1 is 0.583 bits per heavy atom. The first kappa shape index (κ1) is 47.4. The smallest absolute Gasteiger partial charge is 0.119 e. The summed E-state index contributed by atoms with van der Waals surface area (Å²) < 4.78 is 27.1. The zero-order chi connectivity index (χ0) is 42.4. The molecule has 0 bridgehead atoms. The molecule has 60 heavy (non-hydrogen) atoms. The van der Waals surface area contributed by atoms with Gasteiger partial charge in [0.2, 0.25) is 0 Å². The van der Waals surface area contributed by atoms with E-state index in [1.54, 1.807) is 48.5 Å². The van der Waals surface area contributed by atoms with E-state index in [-0.39, 0.29) is 13.2 Å². The SMILES string of the molecule is NC1CCN(CC(O)COc2ccc(Cl)cc2)CC1.OC(CNC1CCN(CC(O)COc2ccc(Cl)cc2)CC1)COc1ccccc1.c1ccc(OCC2CO2)cc1. The molecule has 3 saturated heterocycles. The number of hydrogen-bond acceptors (Lipinski definition) is 12. The number of aliphatic hydroxyl groups excluding tert-OH is 3. The van der Waals surface area contributed by atoms with Gasteiger partial charge in [0.05, 0.1) is 6.61 Å². The Balaban J connectivity index is 0.000000192. The third kappa shape index (κ3) is 19.8. The number of halogens is 2. The second-order valence-corrected chi connectivity index (χ2v) is 16.2. The number of epoxide rings is 1. The number of rotatable bonds is 19. The molecule has 0 spiro atoms. The van der Waals surface area contributed by atoms with Crippen LogP contribution < -0.4 is 30.0 Å². The molecule has 4 atom stereocenters. The lowest BCUT2D eigenvalue weighted by atomic mass is 10.0. The van der Waals surface area contributed by atoms with Crippen LogP contribution >= 0.6 is 23.2 Å². The van der Waals surface area contributed by atoms with Crippen LogP contribution in [0.25, 0.3) is 0 Å². The van der Waals surface area contributed by atoms with Crippen LogP contribution in [0.5, 0.6) is 23.0 Å². The molecule has 0 saturated carbocycles. The average Bonchev–Trinajstić information content (AvgIpc) is 4.11. The minimum Gasteiger partial charge on any atom is -0.491 e. The number of ether oxygens (including phenoxy) is 5. The maximum atomic E-state index is 10.3. The van der Waals surface area contributed by atoms with Crippen molar-refractivity contribution in [1.29, 1.82) is 0 Å². The van der Waals surface area contributed by atoms with Crippen molar-refractivity contribution < 1.29 is 39.0 Å². The standard InChI is InChI=1S/C23H31ClN2O4.C14H21ClN2O2.C9H10O2/c24-18-6-8-23(9-7-18)30-17-21(28)15-26-12-10-19(11-13-26)25-14-20(27)16-29-22-4-2-1-3-5-22;15-11-1-3-14(4-2-11)19-10-13(18)9-17-7-5-12(16)6-8-17;1-2-4-8(5-3-1)10-6-9-7-11-9/h1-9,19-21,25,27-28H,10-17H2;1-4,12-13,18H,5-10,16H2;1-5,9H,6-7H2. The molecule has 3 aliphatic heterocycles.